The Labute approximate surface area is 179 Å². The van der Waals surface area contributed by atoms with Crippen molar-refractivity contribution in [1.29, 1.82) is 0 Å². The maximum atomic E-state index is 12.9. The van der Waals surface area contributed by atoms with Crippen molar-refractivity contribution in [2.75, 3.05) is 25.9 Å². The van der Waals surface area contributed by atoms with E-state index in [1.54, 1.807) is 23.0 Å². The Balaban J connectivity index is 1.58. The van der Waals surface area contributed by atoms with Gasteiger partial charge in [0.15, 0.2) is 0 Å². The van der Waals surface area contributed by atoms with Gasteiger partial charge in [-0.25, -0.2) is 9.67 Å². The number of carbonyl (C=O) groups excluding carboxylic acids is 1. The van der Waals surface area contributed by atoms with Crippen molar-refractivity contribution in [2.24, 2.45) is 0 Å². The van der Waals surface area contributed by atoms with E-state index in [9.17, 15) is 9.59 Å². The summed E-state index contributed by atoms with van der Waals surface area (Å²) in [5.74, 6) is -0.201. The fourth-order valence-electron chi connectivity index (χ4n) is 3.82. The first kappa shape index (κ1) is 20.6. The molecule has 1 amide bonds. The molecule has 0 radical (unpaired) electrons. The summed E-state index contributed by atoms with van der Waals surface area (Å²) >= 11 is 1.43. The summed E-state index contributed by atoms with van der Waals surface area (Å²) in [4.78, 5) is 32.2. The van der Waals surface area contributed by atoms with Crippen LogP contribution in [0.15, 0.2) is 52.4 Å². The second-order valence-electron chi connectivity index (χ2n) is 7.31. The standard InChI is InChI=1S/C22H25N5O2S/c1-30-21-18(9-6-10-23-21)20(28)24-15-19-16-7-2-3-8-17(16)22(29)27(25-19)14-13-26-11-4-5-12-26/h2-3,6-10H,4-5,11-15H2,1H3,(H,24,28). The number of thioether (sulfide) groups is 1. The first-order chi connectivity index (χ1) is 14.7. The average molecular weight is 424 g/mol. The van der Waals surface area contributed by atoms with E-state index in [2.05, 4.69) is 20.3 Å². The lowest BCUT2D eigenvalue weighted by Crippen LogP contribution is -2.32. The van der Waals surface area contributed by atoms with E-state index in [1.165, 1.54) is 24.6 Å². The molecular formula is C22H25N5O2S. The highest BCUT2D eigenvalue weighted by atomic mass is 32.2. The van der Waals surface area contributed by atoms with Crippen LogP contribution < -0.4 is 10.9 Å². The summed E-state index contributed by atoms with van der Waals surface area (Å²) in [5, 5.41) is 9.64. The van der Waals surface area contributed by atoms with Crippen LogP contribution in [0.4, 0.5) is 0 Å². The monoisotopic (exact) mass is 423 g/mol. The minimum absolute atomic E-state index is 0.0863. The lowest BCUT2D eigenvalue weighted by molar-refractivity contribution is 0.0946. The van der Waals surface area contributed by atoms with Crippen LogP contribution in [0.1, 0.15) is 28.9 Å². The van der Waals surface area contributed by atoms with E-state index in [4.69, 9.17) is 0 Å². The van der Waals surface area contributed by atoms with Crippen LogP contribution in [0, 0.1) is 0 Å². The molecule has 8 heteroatoms. The molecule has 30 heavy (non-hydrogen) atoms. The number of benzene rings is 1. The molecule has 3 aromatic rings. The number of nitrogens with one attached hydrogen (secondary N) is 1. The van der Waals surface area contributed by atoms with Crippen LogP contribution in [0.2, 0.25) is 0 Å². The van der Waals surface area contributed by atoms with E-state index in [1.807, 2.05) is 30.5 Å². The van der Waals surface area contributed by atoms with Crippen LogP contribution >= 0.6 is 11.8 Å². The van der Waals surface area contributed by atoms with Crippen molar-refractivity contribution in [3.05, 3.63) is 64.2 Å². The summed E-state index contributed by atoms with van der Waals surface area (Å²) < 4.78 is 1.54. The van der Waals surface area contributed by atoms with Gasteiger partial charge >= 0.3 is 0 Å². The van der Waals surface area contributed by atoms with Gasteiger partial charge in [-0.1, -0.05) is 18.2 Å². The fourth-order valence-corrected chi connectivity index (χ4v) is 4.36. The second-order valence-corrected chi connectivity index (χ2v) is 8.11. The molecule has 0 atom stereocenters. The van der Waals surface area contributed by atoms with Gasteiger partial charge in [0.2, 0.25) is 0 Å². The molecule has 1 saturated heterocycles. The Morgan fingerprint density at radius 3 is 2.63 bits per heavy atom. The van der Waals surface area contributed by atoms with E-state index in [0.717, 1.165) is 25.0 Å². The summed E-state index contributed by atoms with van der Waals surface area (Å²) in [6.45, 7) is 3.75. The molecule has 7 nitrogen and oxygen atoms in total. The molecule has 0 spiro atoms. The highest BCUT2D eigenvalue weighted by molar-refractivity contribution is 7.98. The lowest BCUT2D eigenvalue weighted by atomic mass is 10.1. The molecule has 0 bridgehead atoms. The van der Waals surface area contributed by atoms with Gasteiger partial charge in [0, 0.05) is 18.1 Å². The number of fused-ring (bicyclic) bond motifs is 1. The molecule has 1 N–H and O–H groups in total. The third-order valence-electron chi connectivity index (χ3n) is 5.40. The number of pyridine rings is 1. The zero-order valence-electron chi connectivity index (χ0n) is 17.0. The number of carbonyl (C=O) groups is 1. The van der Waals surface area contributed by atoms with Crippen LogP contribution in [0.25, 0.3) is 10.8 Å². The predicted octanol–water partition coefficient (Wildman–Crippen LogP) is 2.54. The SMILES string of the molecule is CSc1ncccc1C(=O)NCc1nn(CCN2CCCC2)c(=O)c2ccccc12. The molecule has 2 aromatic heterocycles. The minimum Gasteiger partial charge on any atom is -0.346 e. The van der Waals surface area contributed by atoms with Crippen LogP contribution in [0.3, 0.4) is 0 Å². The Morgan fingerprint density at radius 1 is 1.10 bits per heavy atom. The van der Waals surface area contributed by atoms with Crippen LogP contribution in [-0.4, -0.2) is 51.5 Å². The van der Waals surface area contributed by atoms with Gasteiger partial charge in [-0.15, -0.1) is 11.8 Å². The van der Waals surface area contributed by atoms with Crippen molar-refractivity contribution in [3.8, 4) is 0 Å². The van der Waals surface area contributed by atoms with E-state index in [-0.39, 0.29) is 18.0 Å². The summed E-state index contributed by atoms with van der Waals surface area (Å²) in [6.07, 6.45) is 5.99. The first-order valence-electron chi connectivity index (χ1n) is 10.2. The van der Waals surface area contributed by atoms with E-state index >= 15 is 0 Å². The number of nitrogens with zero attached hydrogens (tertiary/aromatic N) is 4. The summed E-state index contributed by atoms with van der Waals surface area (Å²) in [5.41, 5.74) is 1.14. The summed E-state index contributed by atoms with van der Waals surface area (Å²) in [6, 6.07) is 11.0. The number of likely N-dealkylation sites (tertiary alicyclic amines) is 1. The van der Waals surface area contributed by atoms with Crippen molar-refractivity contribution in [3.63, 3.8) is 0 Å². The van der Waals surface area contributed by atoms with Crippen molar-refractivity contribution in [2.45, 2.75) is 31.0 Å². The number of aromatic nitrogens is 3. The zero-order valence-corrected chi connectivity index (χ0v) is 17.8. The third kappa shape index (κ3) is 4.39. The molecule has 1 aliphatic heterocycles. The predicted molar refractivity (Wildman–Crippen MR) is 119 cm³/mol. The molecule has 0 unspecified atom stereocenters. The van der Waals surface area contributed by atoms with Gasteiger partial charge in [0.05, 0.1) is 29.7 Å². The van der Waals surface area contributed by atoms with Gasteiger partial charge in [-0.2, -0.15) is 5.10 Å². The molecule has 0 aliphatic carbocycles. The van der Waals surface area contributed by atoms with Gasteiger partial charge < -0.3 is 10.2 Å². The lowest BCUT2D eigenvalue weighted by Gasteiger charge is -2.16. The van der Waals surface area contributed by atoms with Crippen molar-refractivity contribution < 1.29 is 4.79 Å². The van der Waals surface area contributed by atoms with Crippen molar-refractivity contribution >= 4 is 28.4 Å². The van der Waals surface area contributed by atoms with Gasteiger partial charge in [0.25, 0.3) is 11.5 Å². The number of hydrogen-bond acceptors (Lipinski definition) is 6. The van der Waals surface area contributed by atoms with Gasteiger partial charge in [0.1, 0.15) is 5.03 Å². The maximum Gasteiger partial charge on any atom is 0.274 e. The van der Waals surface area contributed by atoms with Crippen molar-refractivity contribution in [1.82, 2.24) is 25.0 Å². The fraction of sp³-hybridized carbons (Fsp3) is 0.364. The first-order valence-corrected chi connectivity index (χ1v) is 11.4. The second kappa shape index (κ2) is 9.40. The molecule has 0 saturated carbocycles. The van der Waals surface area contributed by atoms with Crippen LogP contribution in [0.5, 0.6) is 0 Å². The normalized spacial score (nSPS) is 14.3. The van der Waals surface area contributed by atoms with E-state index in [0.29, 0.717) is 28.2 Å². The van der Waals surface area contributed by atoms with Gasteiger partial charge in [-0.05, 0) is 50.4 Å². The smallest absolute Gasteiger partial charge is 0.274 e. The van der Waals surface area contributed by atoms with Crippen LogP contribution in [-0.2, 0) is 13.1 Å². The number of rotatable bonds is 7. The minimum atomic E-state index is -0.201. The Bertz CT molecular complexity index is 1110. The Morgan fingerprint density at radius 2 is 1.87 bits per heavy atom. The molecule has 1 aromatic carbocycles. The Hall–Kier alpha value is -2.71. The molecule has 3 heterocycles. The highest BCUT2D eigenvalue weighted by Gasteiger charge is 2.16. The number of hydrogen-bond donors (Lipinski definition) is 1. The molecule has 1 aliphatic rings. The topological polar surface area (TPSA) is 80.1 Å². The third-order valence-corrected chi connectivity index (χ3v) is 6.11. The Kier molecular flexibility index (Phi) is 6.44. The van der Waals surface area contributed by atoms with Gasteiger partial charge in [-0.3, -0.25) is 9.59 Å². The quantitative estimate of drug-likeness (QED) is 0.589. The largest absolute Gasteiger partial charge is 0.346 e. The molecule has 156 valence electrons. The van der Waals surface area contributed by atoms with E-state index < -0.39 is 0 Å². The molecule has 4 rings (SSSR count). The highest BCUT2D eigenvalue weighted by Crippen LogP contribution is 2.17. The molecular weight excluding hydrogens is 398 g/mol. The zero-order chi connectivity index (χ0) is 20.9. The summed E-state index contributed by atoms with van der Waals surface area (Å²) in [7, 11) is 0. The average Bonchev–Trinajstić information content (AvgIpc) is 3.31. The maximum absolute atomic E-state index is 12.9. The number of amides is 1. The molecule has 1 fully saturated rings.